The first-order valence-corrected chi connectivity index (χ1v) is 12.3. The van der Waals surface area contributed by atoms with Crippen LogP contribution in [0.4, 0.5) is 0 Å². The van der Waals surface area contributed by atoms with Crippen LogP contribution in [0.5, 0.6) is 0 Å². The predicted octanol–water partition coefficient (Wildman–Crippen LogP) is 3.84. The number of hydrogen-bond acceptors (Lipinski definition) is 6. The van der Waals surface area contributed by atoms with E-state index in [4.69, 9.17) is 0 Å². The van der Waals surface area contributed by atoms with E-state index in [9.17, 15) is 9.70 Å². The van der Waals surface area contributed by atoms with Gasteiger partial charge in [0, 0.05) is 9.88 Å². The molecule has 9 heteroatoms. The fraction of sp³-hybridized carbons (Fsp3) is 0.0833. The van der Waals surface area contributed by atoms with Gasteiger partial charge in [0.25, 0.3) is 5.91 Å². The number of carbonyl (C=O) groups excluding carboxylic acids is 1. The summed E-state index contributed by atoms with van der Waals surface area (Å²) in [5, 5.41) is 5.79. The monoisotopic (exact) mass is 449 g/mol. The standard InChI is InChI=1S/C12H9IN3O2PS2/c13-19-12(20-6-10(17)15-18)14-11(16-19)9-5-7-3-1-2-4-8(7)21-9/h1-5,19H,6H2,(H,14,16). The SMILES string of the molecule is O=NC(=O)CSC1=[PH](I)N=C(c2cc3ccccc3s2)N1. The van der Waals surface area contributed by atoms with Crippen LogP contribution in [0.15, 0.2) is 40.3 Å². The molecule has 0 spiro atoms. The van der Waals surface area contributed by atoms with Crippen LogP contribution in [0.1, 0.15) is 4.88 Å². The highest BCUT2D eigenvalue weighted by Gasteiger charge is 2.19. The number of benzene rings is 1. The number of halogens is 1. The van der Waals surface area contributed by atoms with Crippen molar-refractivity contribution in [3.05, 3.63) is 40.1 Å². The summed E-state index contributed by atoms with van der Waals surface area (Å²) in [6.45, 7) is 0. The second kappa shape index (κ2) is 6.60. The quantitative estimate of drug-likeness (QED) is 0.438. The van der Waals surface area contributed by atoms with Crippen LogP contribution < -0.4 is 5.32 Å². The van der Waals surface area contributed by atoms with E-state index in [1.807, 2.05) is 12.1 Å². The average molecular weight is 449 g/mol. The first-order chi connectivity index (χ1) is 10.2. The molecule has 1 aliphatic heterocycles. The van der Waals surface area contributed by atoms with Crippen molar-refractivity contribution in [2.24, 2.45) is 9.94 Å². The number of nitrogens with one attached hydrogen (secondary N) is 1. The van der Waals surface area contributed by atoms with Crippen LogP contribution in [0.25, 0.3) is 10.1 Å². The van der Waals surface area contributed by atoms with E-state index in [0.29, 0.717) is 0 Å². The molecule has 1 amide bonds. The van der Waals surface area contributed by atoms with Crippen LogP contribution >= 0.6 is 50.5 Å². The molecule has 1 aromatic carbocycles. The zero-order valence-corrected chi connectivity index (χ0v) is 15.3. The average Bonchev–Trinajstić information content (AvgIpc) is 3.08. The molecule has 1 unspecified atom stereocenters. The number of amides is 1. The summed E-state index contributed by atoms with van der Waals surface area (Å²) in [6.07, 6.45) is 0. The highest BCUT2D eigenvalue weighted by atomic mass is 127. The number of thioether (sulfide) groups is 1. The van der Waals surface area contributed by atoms with Gasteiger partial charge in [-0.1, -0.05) is 30.0 Å². The molecule has 21 heavy (non-hydrogen) atoms. The zero-order chi connectivity index (χ0) is 14.8. The summed E-state index contributed by atoms with van der Waals surface area (Å²) in [6, 6.07) is 10.3. The van der Waals surface area contributed by atoms with E-state index in [-0.39, 0.29) is 5.75 Å². The first kappa shape index (κ1) is 15.2. The largest absolute Gasteiger partial charge is 0.332 e. The minimum absolute atomic E-state index is 0.0677. The van der Waals surface area contributed by atoms with Gasteiger partial charge in [0.1, 0.15) is 5.84 Å². The molecular formula is C12H9IN3O2PS2. The lowest BCUT2D eigenvalue weighted by Crippen LogP contribution is -2.24. The molecule has 108 valence electrons. The van der Waals surface area contributed by atoms with Crippen molar-refractivity contribution in [2.45, 2.75) is 0 Å². The maximum absolute atomic E-state index is 11.0. The van der Waals surface area contributed by atoms with Crippen LogP contribution in [-0.2, 0) is 4.79 Å². The lowest BCUT2D eigenvalue weighted by molar-refractivity contribution is -0.115. The smallest absolute Gasteiger partial charge is 0.296 e. The third-order valence-electron chi connectivity index (χ3n) is 2.73. The van der Waals surface area contributed by atoms with Crippen LogP contribution in [-0.4, -0.2) is 22.2 Å². The van der Waals surface area contributed by atoms with Crippen molar-refractivity contribution in [3.8, 4) is 0 Å². The minimum Gasteiger partial charge on any atom is -0.332 e. The van der Waals surface area contributed by atoms with Gasteiger partial charge < -0.3 is 5.32 Å². The third-order valence-corrected chi connectivity index (χ3v) is 10.0. The Kier molecular flexibility index (Phi) is 4.78. The van der Waals surface area contributed by atoms with Gasteiger partial charge in [-0.3, -0.25) is 4.79 Å². The molecule has 0 radical (unpaired) electrons. The van der Waals surface area contributed by atoms with E-state index in [2.05, 4.69) is 55.5 Å². The lowest BCUT2D eigenvalue weighted by Gasteiger charge is -2.03. The van der Waals surface area contributed by atoms with Crippen LogP contribution in [0, 0.1) is 4.91 Å². The van der Waals surface area contributed by atoms with Gasteiger partial charge >= 0.3 is 0 Å². The fourth-order valence-electron chi connectivity index (χ4n) is 1.81. The maximum Gasteiger partial charge on any atom is 0.296 e. The topological polar surface area (TPSA) is 70.9 Å². The fourth-order valence-corrected chi connectivity index (χ4v) is 7.44. The highest BCUT2D eigenvalue weighted by molar-refractivity contribution is 14.2. The van der Waals surface area contributed by atoms with Crippen molar-refractivity contribution < 1.29 is 4.79 Å². The summed E-state index contributed by atoms with van der Waals surface area (Å²) >= 11 is 5.30. The molecule has 0 fully saturated rings. The van der Waals surface area contributed by atoms with E-state index in [1.165, 1.54) is 21.8 Å². The Hall–Kier alpha value is -0.700. The van der Waals surface area contributed by atoms with Crippen molar-refractivity contribution in [1.29, 1.82) is 0 Å². The van der Waals surface area contributed by atoms with Gasteiger partial charge in [-0.2, -0.15) is 0 Å². The third kappa shape index (κ3) is 3.39. The molecule has 0 saturated carbocycles. The van der Waals surface area contributed by atoms with Crippen LogP contribution in [0.3, 0.4) is 0 Å². The maximum atomic E-state index is 11.0. The van der Waals surface area contributed by atoms with Gasteiger partial charge in [-0.05, 0) is 39.6 Å². The summed E-state index contributed by atoms with van der Waals surface area (Å²) in [7, 11) is 0. The molecule has 1 N–H and O–H groups in total. The number of thiophene rings is 1. The molecule has 1 aromatic heterocycles. The summed E-state index contributed by atoms with van der Waals surface area (Å²) in [5.41, 5.74) is 0. The Labute approximate surface area is 142 Å². The summed E-state index contributed by atoms with van der Waals surface area (Å²) in [5.74, 6) is 0.280. The number of fused-ring (bicyclic) bond motifs is 1. The molecule has 3 rings (SSSR count). The molecule has 0 aliphatic carbocycles. The number of nitrogens with zero attached hydrogens (tertiary/aromatic N) is 2. The second-order valence-electron chi connectivity index (χ2n) is 4.13. The lowest BCUT2D eigenvalue weighted by atomic mass is 10.2. The van der Waals surface area contributed by atoms with Crippen molar-refractivity contribution in [1.82, 2.24) is 5.32 Å². The van der Waals surface area contributed by atoms with Gasteiger partial charge in [0.2, 0.25) is 0 Å². The van der Waals surface area contributed by atoms with Crippen molar-refractivity contribution >= 4 is 77.1 Å². The van der Waals surface area contributed by atoms with Gasteiger partial charge in [-0.15, -0.1) is 16.2 Å². The Morgan fingerprint density at radius 2 is 2.29 bits per heavy atom. The molecular weight excluding hydrogens is 440 g/mol. The Morgan fingerprint density at radius 3 is 3.05 bits per heavy atom. The number of rotatable bonds is 4. The zero-order valence-electron chi connectivity index (χ0n) is 10.5. The molecule has 0 bridgehead atoms. The van der Waals surface area contributed by atoms with Gasteiger partial charge in [0.15, 0.2) is 0 Å². The normalized spacial score (nSPS) is 17.7. The molecule has 5 nitrogen and oxygen atoms in total. The number of nitroso groups, excluding NO2 is 1. The summed E-state index contributed by atoms with van der Waals surface area (Å²) < 4.78 is 6.85. The van der Waals surface area contributed by atoms with Crippen molar-refractivity contribution in [2.75, 3.05) is 5.75 Å². The van der Waals surface area contributed by atoms with E-state index in [0.717, 1.165) is 15.5 Å². The van der Waals surface area contributed by atoms with E-state index < -0.39 is 11.2 Å². The Morgan fingerprint density at radius 1 is 1.48 bits per heavy atom. The summed E-state index contributed by atoms with van der Waals surface area (Å²) in [4.78, 5) is 22.2. The minimum atomic E-state index is -1.09. The first-order valence-electron chi connectivity index (χ1n) is 5.91. The Bertz CT molecular complexity index is 770. The van der Waals surface area contributed by atoms with E-state index in [1.54, 1.807) is 11.3 Å². The highest BCUT2D eigenvalue weighted by Crippen LogP contribution is 2.43. The van der Waals surface area contributed by atoms with Crippen molar-refractivity contribution in [3.63, 3.8) is 0 Å². The Balaban J connectivity index is 1.76. The van der Waals surface area contributed by atoms with Gasteiger partial charge in [-0.25, -0.2) is 4.76 Å². The number of hydrogen-bond donors (Lipinski definition) is 1. The molecule has 2 heterocycles. The molecule has 0 saturated heterocycles. The number of amidine groups is 1. The second-order valence-corrected chi connectivity index (χ2v) is 10.9. The van der Waals surface area contributed by atoms with E-state index >= 15 is 0 Å². The molecule has 1 atom stereocenters. The predicted molar refractivity (Wildman–Crippen MR) is 102 cm³/mol. The number of carbonyl (C=O) groups is 1. The molecule has 1 aliphatic rings. The molecule has 2 aromatic rings. The van der Waals surface area contributed by atoms with Crippen LogP contribution in [0.2, 0.25) is 0 Å². The van der Waals surface area contributed by atoms with Gasteiger partial charge in [0.05, 0.1) is 20.7 Å².